The number of aliphatic hydroxyl groups is 1. The predicted molar refractivity (Wildman–Crippen MR) is 65.5 cm³/mol. The van der Waals surface area contributed by atoms with E-state index >= 15 is 0 Å². The molecule has 7 nitrogen and oxygen atoms in total. The summed E-state index contributed by atoms with van der Waals surface area (Å²) in [5, 5.41) is 12.5. The number of nitrogens with two attached hydrogens (primary N) is 1. The van der Waals surface area contributed by atoms with Crippen molar-refractivity contribution in [1.82, 2.24) is 19.9 Å². The molecule has 0 radical (unpaired) electrons. The lowest BCUT2D eigenvalue weighted by molar-refractivity contribution is 0.179. The third-order valence-electron chi connectivity index (χ3n) is 2.38. The van der Waals surface area contributed by atoms with Crippen LogP contribution in [0.25, 0.3) is 11.2 Å². The fourth-order valence-electron chi connectivity index (χ4n) is 1.76. The number of nitrogens with zero attached hydrogens (tertiary/aromatic N) is 3. The number of nitrogen functional groups attached to an aromatic ring is 1. The van der Waals surface area contributed by atoms with Gasteiger partial charge in [-0.2, -0.15) is 9.97 Å². The van der Waals surface area contributed by atoms with Gasteiger partial charge in [0.15, 0.2) is 11.5 Å². The first-order chi connectivity index (χ1) is 8.06. The molecule has 0 aliphatic rings. The van der Waals surface area contributed by atoms with Crippen molar-refractivity contribution in [2.45, 2.75) is 32.4 Å². The van der Waals surface area contributed by atoms with E-state index in [9.17, 15) is 5.11 Å². The van der Waals surface area contributed by atoms with E-state index in [4.69, 9.17) is 5.73 Å². The Morgan fingerprint density at radius 2 is 2.24 bits per heavy atom. The molecular formula is C10H16N6O. The third kappa shape index (κ3) is 2.62. The number of hydrogen-bond acceptors (Lipinski definition) is 6. The van der Waals surface area contributed by atoms with E-state index in [1.54, 1.807) is 13.3 Å². The number of imidazole rings is 1. The average Bonchev–Trinajstić information content (AvgIpc) is 2.63. The smallest absolute Gasteiger partial charge is 0.224 e. The second-order valence-corrected chi connectivity index (χ2v) is 4.16. The Hall–Kier alpha value is -1.89. The second-order valence-electron chi connectivity index (χ2n) is 4.16. The second kappa shape index (κ2) is 4.54. The molecule has 7 heteroatoms. The van der Waals surface area contributed by atoms with Crippen LogP contribution in [-0.2, 0) is 0 Å². The fourth-order valence-corrected chi connectivity index (χ4v) is 1.76. The van der Waals surface area contributed by atoms with Gasteiger partial charge in [0, 0.05) is 6.04 Å². The quantitative estimate of drug-likeness (QED) is 0.615. The Morgan fingerprint density at radius 1 is 1.47 bits per heavy atom. The molecule has 2 rings (SSSR count). The van der Waals surface area contributed by atoms with Crippen molar-refractivity contribution in [2.75, 3.05) is 11.1 Å². The molecule has 0 aliphatic carbocycles. The van der Waals surface area contributed by atoms with Gasteiger partial charge in [0.1, 0.15) is 5.52 Å². The minimum atomic E-state index is -0.367. The average molecular weight is 236 g/mol. The van der Waals surface area contributed by atoms with Crippen LogP contribution in [0.2, 0.25) is 0 Å². The molecule has 2 heterocycles. The lowest BCUT2D eigenvalue weighted by Crippen LogP contribution is -2.21. The summed E-state index contributed by atoms with van der Waals surface area (Å²) in [7, 11) is 0. The van der Waals surface area contributed by atoms with Crippen molar-refractivity contribution in [2.24, 2.45) is 0 Å². The van der Waals surface area contributed by atoms with Crippen molar-refractivity contribution in [3.05, 3.63) is 6.33 Å². The molecule has 2 atom stereocenters. The number of anilines is 2. The van der Waals surface area contributed by atoms with E-state index in [0.29, 0.717) is 17.9 Å². The standard InChI is InChI=1S/C10H16N6O/c1-5(3-6(2)17)14-9-7-8(13-4-12-7)15-10(11)16-9/h4-6,17H,3H2,1-2H3,(H4,11,12,13,14,15,16). The van der Waals surface area contributed by atoms with Gasteiger partial charge in [0.05, 0.1) is 12.4 Å². The van der Waals surface area contributed by atoms with E-state index in [2.05, 4.69) is 25.3 Å². The summed E-state index contributed by atoms with van der Waals surface area (Å²) in [5.74, 6) is 0.787. The van der Waals surface area contributed by atoms with Gasteiger partial charge in [-0.15, -0.1) is 0 Å². The number of aromatic nitrogens is 4. The Balaban J connectivity index is 2.25. The van der Waals surface area contributed by atoms with E-state index in [1.807, 2.05) is 6.92 Å². The monoisotopic (exact) mass is 236 g/mol. The van der Waals surface area contributed by atoms with Gasteiger partial charge in [-0.05, 0) is 20.3 Å². The molecular weight excluding hydrogens is 220 g/mol. The van der Waals surface area contributed by atoms with E-state index in [-0.39, 0.29) is 18.1 Å². The molecule has 0 aliphatic heterocycles. The van der Waals surface area contributed by atoms with Crippen LogP contribution in [0, 0.1) is 0 Å². The Kier molecular flexibility index (Phi) is 3.10. The maximum atomic E-state index is 9.31. The molecule has 2 aromatic rings. The van der Waals surface area contributed by atoms with Gasteiger partial charge in [-0.1, -0.05) is 0 Å². The fraction of sp³-hybridized carbons (Fsp3) is 0.500. The van der Waals surface area contributed by atoms with Crippen molar-refractivity contribution in [3.8, 4) is 0 Å². The van der Waals surface area contributed by atoms with Gasteiger partial charge in [-0.3, -0.25) is 0 Å². The van der Waals surface area contributed by atoms with E-state index in [1.165, 1.54) is 0 Å². The Morgan fingerprint density at radius 3 is 2.94 bits per heavy atom. The minimum Gasteiger partial charge on any atom is -0.393 e. The summed E-state index contributed by atoms with van der Waals surface area (Å²) in [5.41, 5.74) is 6.85. The Labute approximate surface area is 98.5 Å². The zero-order valence-electron chi connectivity index (χ0n) is 9.81. The Bertz CT molecular complexity index is 508. The van der Waals surface area contributed by atoms with Crippen molar-refractivity contribution >= 4 is 22.9 Å². The molecule has 0 fully saturated rings. The molecule has 0 amide bonds. The number of H-pyrrole nitrogens is 1. The molecule has 0 spiro atoms. The molecule has 0 aromatic carbocycles. The first-order valence-electron chi connectivity index (χ1n) is 5.47. The molecule has 5 N–H and O–H groups in total. The largest absolute Gasteiger partial charge is 0.393 e. The highest BCUT2D eigenvalue weighted by molar-refractivity contribution is 5.83. The van der Waals surface area contributed by atoms with Gasteiger partial charge >= 0.3 is 0 Å². The van der Waals surface area contributed by atoms with Crippen molar-refractivity contribution in [3.63, 3.8) is 0 Å². The molecule has 2 aromatic heterocycles. The maximum absolute atomic E-state index is 9.31. The minimum absolute atomic E-state index is 0.0794. The molecule has 0 saturated heterocycles. The van der Waals surface area contributed by atoms with Crippen LogP contribution < -0.4 is 11.1 Å². The molecule has 2 unspecified atom stereocenters. The lowest BCUT2D eigenvalue weighted by Gasteiger charge is -2.16. The van der Waals surface area contributed by atoms with Gasteiger partial charge in [0.25, 0.3) is 0 Å². The van der Waals surface area contributed by atoms with Crippen LogP contribution in [-0.4, -0.2) is 37.2 Å². The SMILES string of the molecule is CC(O)CC(C)Nc1nc(N)nc2nc[nH]c12. The number of nitrogens with one attached hydrogen (secondary N) is 2. The zero-order valence-corrected chi connectivity index (χ0v) is 9.81. The molecule has 0 saturated carbocycles. The molecule has 92 valence electrons. The first kappa shape index (κ1) is 11.6. The maximum Gasteiger partial charge on any atom is 0.224 e. The van der Waals surface area contributed by atoms with Crippen LogP contribution >= 0.6 is 0 Å². The summed E-state index contributed by atoms with van der Waals surface area (Å²) < 4.78 is 0. The van der Waals surface area contributed by atoms with Crippen LogP contribution in [0.5, 0.6) is 0 Å². The number of rotatable bonds is 4. The number of aliphatic hydroxyl groups excluding tert-OH is 1. The van der Waals surface area contributed by atoms with Crippen LogP contribution in [0.4, 0.5) is 11.8 Å². The van der Waals surface area contributed by atoms with E-state index in [0.717, 1.165) is 5.52 Å². The van der Waals surface area contributed by atoms with Crippen LogP contribution in [0.3, 0.4) is 0 Å². The number of aromatic amines is 1. The zero-order chi connectivity index (χ0) is 12.4. The molecule has 0 bridgehead atoms. The van der Waals surface area contributed by atoms with Crippen LogP contribution in [0.15, 0.2) is 6.33 Å². The number of fused-ring (bicyclic) bond motifs is 1. The van der Waals surface area contributed by atoms with E-state index < -0.39 is 0 Å². The lowest BCUT2D eigenvalue weighted by atomic mass is 10.1. The van der Waals surface area contributed by atoms with Gasteiger partial charge in [-0.25, -0.2) is 4.98 Å². The van der Waals surface area contributed by atoms with Gasteiger partial charge in [0.2, 0.25) is 5.95 Å². The van der Waals surface area contributed by atoms with Crippen LogP contribution in [0.1, 0.15) is 20.3 Å². The summed E-state index contributed by atoms with van der Waals surface area (Å²) in [6.07, 6.45) is 1.80. The topological polar surface area (TPSA) is 113 Å². The highest BCUT2D eigenvalue weighted by Gasteiger charge is 2.12. The summed E-state index contributed by atoms with van der Waals surface area (Å²) >= 11 is 0. The van der Waals surface area contributed by atoms with Crippen molar-refractivity contribution in [1.29, 1.82) is 0 Å². The van der Waals surface area contributed by atoms with Crippen molar-refractivity contribution < 1.29 is 5.11 Å². The number of hydrogen-bond donors (Lipinski definition) is 4. The highest BCUT2D eigenvalue weighted by Crippen LogP contribution is 2.18. The van der Waals surface area contributed by atoms with Gasteiger partial charge < -0.3 is 21.1 Å². The summed E-state index contributed by atoms with van der Waals surface area (Å²) in [6, 6.07) is 0.0794. The predicted octanol–water partition coefficient (Wildman–Crippen LogP) is 0.506. The first-order valence-corrected chi connectivity index (χ1v) is 5.47. The normalized spacial score (nSPS) is 14.8. The summed E-state index contributed by atoms with van der Waals surface area (Å²) in [4.78, 5) is 15.1. The molecule has 17 heavy (non-hydrogen) atoms. The third-order valence-corrected chi connectivity index (χ3v) is 2.38. The summed E-state index contributed by atoms with van der Waals surface area (Å²) in [6.45, 7) is 3.71. The highest BCUT2D eigenvalue weighted by atomic mass is 16.3.